The first-order chi connectivity index (χ1) is 8.47. The average molecular weight is 438 g/mol. The summed E-state index contributed by atoms with van der Waals surface area (Å²) >= 11 is 7.28. The van der Waals surface area contributed by atoms with Crippen molar-refractivity contribution in [2.45, 2.75) is 20.3 Å². The van der Waals surface area contributed by atoms with Gasteiger partial charge >= 0.3 is 0 Å². The number of halogens is 2. The second kappa shape index (κ2) is 5.83. The minimum Gasteiger partial charge on any atom is -0.383 e. The van der Waals surface area contributed by atoms with Gasteiger partial charge in [0.1, 0.15) is 5.82 Å². The number of rotatable bonds is 3. The molecule has 0 saturated carbocycles. The highest BCUT2D eigenvalue weighted by atomic mass is 127. The van der Waals surface area contributed by atoms with E-state index in [1.165, 1.54) is 0 Å². The second-order valence-corrected chi connectivity index (χ2v) is 7.33. The molecule has 2 heterocycles. The van der Waals surface area contributed by atoms with Gasteiger partial charge < -0.3 is 5.73 Å². The van der Waals surface area contributed by atoms with Crippen LogP contribution in [0.15, 0.2) is 15.9 Å². The molecular formula is C12H13BrIN3S. The zero-order chi connectivity index (χ0) is 13.3. The summed E-state index contributed by atoms with van der Waals surface area (Å²) in [5.41, 5.74) is 7.02. The molecule has 0 unspecified atom stereocenters. The standard InChI is InChI=1S/C12H13BrIN3S/c1-6(2)3-8-10(14)11(15)17-12(16-8)9-4-7(13)5-18-9/h4-6H,3H2,1-2H3,(H2,15,16,17). The zero-order valence-electron chi connectivity index (χ0n) is 10.1. The highest BCUT2D eigenvalue weighted by Gasteiger charge is 2.13. The highest BCUT2D eigenvalue weighted by molar-refractivity contribution is 14.1. The molecule has 18 heavy (non-hydrogen) atoms. The summed E-state index contributed by atoms with van der Waals surface area (Å²) in [7, 11) is 0. The summed E-state index contributed by atoms with van der Waals surface area (Å²) < 4.78 is 2.02. The fourth-order valence-corrected chi connectivity index (χ4v) is 3.40. The Balaban J connectivity index is 2.46. The van der Waals surface area contributed by atoms with Gasteiger partial charge in [0.05, 0.1) is 14.1 Å². The first-order valence-corrected chi connectivity index (χ1v) is 8.28. The fraction of sp³-hybridized carbons (Fsp3) is 0.333. The van der Waals surface area contributed by atoms with Crippen LogP contribution in [0.2, 0.25) is 0 Å². The number of thiophene rings is 1. The Bertz CT molecular complexity index is 568. The van der Waals surface area contributed by atoms with Crippen LogP contribution in [0.1, 0.15) is 19.5 Å². The molecule has 0 aliphatic rings. The van der Waals surface area contributed by atoms with Gasteiger partial charge in [-0.05, 0) is 56.9 Å². The lowest BCUT2D eigenvalue weighted by Crippen LogP contribution is -2.07. The van der Waals surface area contributed by atoms with Crippen molar-refractivity contribution in [3.63, 3.8) is 0 Å². The van der Waals surface area contributed by atoms with Crippen molar-refractivity contribution in [3.05, 3.63) is 25.2 Å². The monoisotopic (exact) mass is 437 g/mol. The van der Waals surface area contributed by atoms with Gasteiger partial charge in [0, 0.05) is 9.85 Å². The van der Waals surface area contributed by atoms with Crippen LogP contribution >= 0.6 is 49.9 Å². The van der Waals surface area contributed by atoms with Gasteiger partial charge in [-0.3, -0.25) is 0 Å². The van der Waals surface area contributed by atoms with Crippen LogP contribution in [0.4, 0.5) is 5.82 Å². The quantitative estimate of drug-likeness (QED) is 0.726. The molecule has 0 saturated heterocycles. The van der Waals surface area contributed by atoms with Crippen LogP contribution in [-0.2, 0) is 6.42 Å². The van der Waals surface area contributed by atoms with E-state index in [0.717, 1.165) is 30.9 Å². The van der Waals surface area contributed by atoms with Gasteiger partial charge in [0.2, 0.25) is 0 Å². The lowest BCUT2D eigenvalue weighted by atomic mass is 10.1. The van der Waals surface area contributed by atoms with Crippen LogP contribution in [0, 0.1) is 9.49 Å². The lowest BCUT2D eigenvalue weighted by molar-refractivity contribution is 0.632. The van der Waals surface area contributed by atoms with Crippen LogP contribution in [0.5, 0.6) is 0 Å². The summed E-state index contributed by atoms with van der Waals surface area (Å²) in [6.45, 7) is 4.35. The van der Waals surface area contributed by atoms with Crippen LogP contribution in [0.3, 0.4) is 0 Å². The predicted molar refractivity (Wildman–Crippen MR) is 88.7 cm³/mol. The van der Waals surface area contributed by atoms with Gasteiger partial charge in [-0.15, -0.1) is 11.3 Å². The van der Waals surface area contributed by atoms with Gasteiger partial charge in [0.15, 0.2) is 5.82 Å². The maximum atomic E-state index is 5.98. The Labute approximate surface area is 132 Å². The van der Waals surface area contributed by atoms with Gasteiger partial charge in [-0.25, -0.2) is 9.97 Å². The van der Waals surface area contributed by atoms with Crippen molar-refractivity contribution in [1.82, 2.24) is 9.97 Å². The maximum absolute atomic E-state index is 5.98. The molecular weight excluding hydrogens is 425 g/mol. The number of nitrogens with two attached hydrogens (primary N) is 1. The van der Waals surface area contributed by atoms with Gasteiger partial charge in [0.25, 0.3) is 0 Å². The van der Waals surface area contributed by atoms with Crippen molar-refractivity contribution in [2.75, 3.05) is 5.73 Å². The molecule has 3 nitrogen and oxygen atoms in total. The third-order valence-corrected chi connectivity index (χ3v) is 5.20. The van der Waals surface area contributed by atoms with Crippen LogP contribution in [0.25, 0.3) is 10.7 Å². The first-order valence-electron chi connectivity index (χ1n) is 5.53. The molecule has 2 rings (SSSR count). The Morgan fingerprint density at radius 1 is 1.44 bits per heavy atom. The van der Waals surface area contributed by atoms with Crippen molar-refractivity contribution >= 4 is 55.7 Å². The normalized spacial score (nSPS) is 11.2. The number of anilines is 1. The van der Waals surface area contributed by atoms with Gasteiger partial charge in [-0.2, -0.15) is 0 Å². The second-order valence-electron chi connectivity index (χ2n) is 4.42. The number of nitrogens with zero attached hydrogens (tertiary/aromatic N) is 2. The molecule has 2 N–H and O–H groups in total. The van der Waals surface area contributed by atoms with Crippen molar-refractivity contribution < 1.29 is 0 Å². The van der Waals surface area contributed by atoms with Crippen molar-refractivity contribution in [1.29, 1.82) is 0 Å². The van der Waals surface area contributed by atoms with E-state index in [-0.39, 0.29) is 0 Å². The highest BCUT2D eigenvalue weighted by Crippen LogP contribution is 2.30. The number of hydrogen-bond donors (Lipinski definition) is 1. The lowest BCUT2D eigenvalue weighted by Gasteiger charge is -2.10. The Hall–Kier alpha value is -0.210. The third kappa shape index (κ3) is 3.21. The largest absolute Gasteiger partial charge is 0.383 e. The SMILES string of the molecule is CC(C)Cc1nc(-c2cc(Br)cs2)nc(N)c1I. The summed E-state index contributed by atoms with van der Waals surface area (Å²) in [5.74, 6) is 1.84. The van der Waals surface area contributed by atoms with E-state index in [0.29, 0.717) is 11.7 Å². The predicted octanol–water partition coefficient (Wildman–Crippen LogP) is 4.35. The summed E-state index contributed by atoms with van der Waals surface area (Å²) in [6.07, 6.45) is 0.921. The molecule has 0 spiro atoms. The fourth-order valence-electron chi connectivity index (χ4n) is 1.58. The Morgan fingerprint density at radius 3 is 2.72 bits per heavy atom. The molecule has 0 aromatic carbocycles. The molecule has 0 radical (unpaired) electrons. The minimum atomic E-state index is 0.552. The van der Waals surface area contributed by atoms with Crippen LogP contribution < -0.4 is 5.73 Å². The van der Waals surface area contributed by atoms with Crippen molar-refractivity contribution in [3.8, 4) is 10.7 Å². The van der Waals surface area contributed by atoms with E-state index in [2.05, 4.69) is 62.3 Å². The van der Waals surface area contributed by atoms with Gasteiger partial charge in [-0.1, -0.05) is 13.8 Å². The molecule has 6 heteroatoms. The molecule has 0 atom stereocenters. The smallest absolute Gasteiger partial charge is 0.171 e. The molecule has 2 aromatic rings. The molecule has 0 aliphatic carbocycles. The number of hydrogen-bond acceptors (Lipinski definition) is 4. The van der Waals surface area contributed by atoms with Crippen LogP contribution in [-0.4, -0.2) is 9.97 Å². The number of nitrogen functional groups attached to an aromatic ring is 1. The zero-order valence-corrected chi connectivity index (χ0v) is 14.6. The van der Waals surface area contributed by atoms with E-state index >= 15 is 0 Å². The molecule has 2 aromatic heterocycles. The average Bonchev–Trinajstić information content (AvgIpc) is 2.70. The first kappa shape index (κ1) is 14.2. The van der Waals surface area contributed by atoms with E-state index in [9.17, 15) is 0 Å². The molecule has 0 aliphatic heterocycles. The summed E-state index contributed by atoms with van der Waals surface area (Å²) in [5, 5.41) is 2.02. The molecule has 0 fully saturated rings. The van der Waals surface area contributed by atoms with E-state index in [1.807, 2.05) is 11.4 Å². The van der Waals surface area contributed by atoms with Crippen molar-refractivity contribution in [2.24, 2.45) is 5.92 Å². The number of aromatic nitrogens is 2. The van der Waals surface area contributed by atoms with E-state index in [1.54, 1.807) is 11.3 Å². The maximum Gasteiger partial charge on any atom is 0.171 e. The third-order valence-electron chi connectivity index (χ3n) is 2.33. The Morgan fingerprint density at radius 2 is 2.17 bits per heavy atom. The van der Waals surface area contributed by atoms with E-state index in [4.69, 9.17) is 5.73 Å². The minimum absolute atomic E-state index is 0.552. The topological polar surface area (TPSA) is 51.8 Å². The van der Waals surface area contributed by atoms with E-state index < -0.39 is 0 Å². The summed E-state index contributed by atoms with van der Waals surface area (Å²) in [4.78, 5) is 10.1. The summed E-state index contributed by atoms with van der Waals surface area (Å²) in [6, 6.07) is 2.02. The molecule has 0 amide bonds. The Kier molecular flexibility index (Phi) is 4.60. The molecule has 96 valence electrons. The molecule has 0 bridgehead atoms.